The molecule has 1 aromatic heterocycles. The fourth-order valence-corrected chi connectivity index (χ4v) is 3.60. The number of allylic oxidation sites excluding steroid dienone is 2. The lowest BCUT2D eigenvalue weighted by molar-refractivity contribution is -0.137. The van der Waals surface area contributed by atoms with Gasteiger partial charge in [0.25, 0.3) is 0 Å². The van der Waals surface area contributed by atoms with Crippen molar-refractivity contribution in [2.45, 2.75) is 13.1 Å². The number of anilines is 1. The van der Waals surface area contributed by atoms with Gasteiger partial charge >= 0.3 is 6.18 Å². The lowest BCUT2D eigenvalue weighted by Crippen LogP contribution is -2.31. The standard InChI is InChI=1S/C17H12F3N3O4S/c1-8-3-4-9(17(18,19)20)7-10(8)23-13-14(24)11-12(22-6-5-21-11)15(25)16(13)28(2,26)27/h3-7,23H,1-2H3. The Kier molecular flexibility index (Phi) is 4.58. The minimum Gasteiger partial charge on any atom is -0.351 e. The first-order valence-electron chi connectivity index (χ1n) is 7.71. The second kappa shape index (κ2) is 6.51. The van der Waals surface area contributed by atoms with Gasteiger partial charge in [-0.05, 0) is 24.6 Å². The second-order valence-corrected chi connectivity index (χ2v) is 7.99. The fraction of sp³-hybridized carbons (Fsp3) is 0.176. The normalized spacial score (nSPS) is 14.9. The van der Waals surface area contributed by atoms with E-state index in [0.717, 1.165) is 36.8 Å². The Morgan fingerprint density at radius 3 is 2.11 bits per heavy atom. The Morgan fingerprint density at radius 1 is 1.00 bits per heavy atom. The van der Waals surface area contributed by atoms with E-state index in [0.29, 0.717) is 5.56 Å². The van der Waals surface area contributed by atoms with E-state index in [-0.39, 0.29) is 11.4 Å². The molecule has 0 atom stereocenters. The molecule has 0 amide bonds. The number of Topliss-reactive ketones (excluding diaryl/α,β-unsaturated/α-hetero) is 2. The summed E-state index contributed by atoms with van der Waals surface area (Å²) < 4.78 is 63.3. The van der Waals surface area contributed by atoms with Crippen LogP contribution in [0.5, 0.6) is 0 Å². The van der Waals surface area contributed by atoms with Gasteiger partial charge in [-0.1, -0.05) is 6.07 Å². The number of rotatable bonds is 3. The Balaban J connectivity index is 2.21. The summed E-state index contributed by atoms with van der Waals surface area (Å²) in [6.45, 7) is 1.46. The number of hydrogen-bond donors (Lipinski definition) is 1. The second-order valence-electron chi connectivity index (χ2n) is 6.04. The Morgan fingerprint density at radius 2 is 1.57 bits per heavy atom. The van der Waals surface area contributed by atoms with Gasteiger partial charge in [-0.25, -0.2) is 18.4 Å². The first-order valence-corrected chi connectivity index (χ1v) is 9.60. The van der Waals surface area contributed by atoms with Crippen molar-refractivity contribution in [3.63, 3.8) is 0 Å². The van der Waals surface area contributed by atoms with Crippen molar-refractivity contribution in [1.29, 1.82) is 0 Å². The summed E-state index contributed by atoms with van der Waals surface area (Å²) in [5.41, 5.74) is -2.34. The van der Waals surface area contributed by atoms with Crippen molar-refractivity contribution in [1.82, 2.24) is 9.97 Å². The number of alkyl halides is 3. The molecule has 0 radical (unpaired) electrons. The van der Waals surface area contributed by atoms with Crippen LogP contribution in [0.3, 0.4) is 0 Å². The third-order valence-electron chi connectivity index (χ3n) is 3.98. The van der Waals surface area contributed by atoms with Gasteiger partial charge in [0.15, 0.2) is 9.84 Å². The van der Waals surface area contributed by atoms with E-state index in [9.17, 15) is 31.2 Å². The molecule has 0 aliphatic heterocycles. The van der Waals surface area contributed by atoms with Crippen LogP contribution >= 0.6 is 0 Å². The molecule has 146 valence electrons. The van der Waals surface area contributed by atoms with Crippen molar-refractivity contribution in [2.75, 3.05) is 11.6 Å². The summed E-state index contributed by atoms with van der Waals surface area (Å²) in [6.07, 6.45) is -1.67. The molecule has 1 aliphatic rings. The van der Waals surface area contributed by atoms with Gasteiger partial charge in [0.1, 0.15) is 22.0 Å². The number of carbonyl (C=O) groups is 2. The fourth-order valence-electron chi connectivity index (χ4n) is 2.65. The number of nitrogens with zero attached hydrogens (tertiary/aromatic N) is 2. The molecule has 3 rings (SSSR count). The number of halogens is 3. The summed E-state index contributed by atoms with van der Waals surface area (Å²) in [6, 6.07) is 2.74. The van der Waals surface area contributed by atoms with Crippen LogP contribution in [0, 0.1) is 6.92 Å². The molecule has 0 fully saturated rings. The number of carbonyl (C=O) groups excluding carboxylic acids is 2. The van der Waals surface area contributed by atoms with Crippen LogP contribution in [0.2, 0.25) is 0 Å². The summed E-state index contributed by atoms with van der Waals surface area (Å²) in [7, 11) is -4.21. The topological polar surface area (TPSA) is 106 Å². The molecule has 7 nitrogen and oxygen atoms in total. The lowest BCUT2D eigenvalue weighted by atomic mass is 10.0. The van der Waals surface area contributed by atoms with Crippen molar-refractivity contribution in [3.05, 3.63) is 63.7 Å². The highest BCUT2D eigenvalue weighted by Gasteiger charge is 2.40. The molecule has 0 spiro atoms. The van der Waals surface area contributed by atoms with Crippen LogP contribution in [-0.4, -0.2) is 36.2 Å². The zero-order valence-electron chi connectivity index (χ0n) is 14.5. The number of hydrogen-bond acceptors (Lipinski definition) is 7. The highest BCUT2D eigenvalue weighted by molar-refractivity contribution is 7.95. The molecule has 0 unspecified atom stereocenters. The van der Waals surface area contributed by atoms with Gasteiger partial charge < -0.3 is 5.32 Å². The van der Waals surface area contributed by atoms with Crippen LogP contribution in [0.25, 0.3) is 0 Å². The highest BCUT2D eigenvalue weighted by Crippen LogP contribution is 2.34. The number of ketones is 2. The van der Waals surface area contributed by atoms with E-state index in [1.54, 1.807) is 0 Å². The summed E-state index contributed by atoms with van der Waals surface area (Å²) in [5, 5.41) is 2.40. The molecule has 1 heterocycles. The SMILES string of the molecule is Cc1ccc(C(F)(F)F)cc1NC1=C(S(C)(=O)=O)C(=O)c2nccnc2C1=O. The van der Waals surface area contributed by atoms with Gasteiger partial charge in [-0.2, -0.15) is 13.2 Å². The molecular formula is C17H12F3N3O4S. The predicted octanol–water partition coefficient (Wildman–Crippen LogP) is 2.55. The van der Waals surface area contributed by atoms with Gasteiger partial charge in [-0.15, -0.1) is 0 Å². The predicted molar refractivity (Wildman–Crippen MR) is 92.4 cm³/mol. The largest absolute Gasteiger partial charge is 0.416 e. The first kappa shape index (κ1) is 19.7. The van der Waals surface area contributed by atoms with Crippen molar-refractivity contribution in [2.24, 2.45) is 0 Å². The van der Waals surface area contributed by atoms with Crippen LogP contribution < -0.4 is 5.32 Å². The van der Waals surface area contributed by atoms with Crippen molar-refractivity contribution >= 4 is 27.1 Å². The molecular weight excluding hydrogens is 399 g/mol. The van der Waals surface area contributed by atoms with Gasteiger partial charge in [-0.3, -0.25) is 9.59 Å². The van der Waals surface area contributed by atoms with E-state index >= 15 is 0 Å². The van der Waals surface area contributed by atoms with Gasteiger partial charge in [0.2, 0.25) is 11.6 Å². The van der Waals surface area contributed by atoms with E-state index in [1.165, 1.54) is 6.92 Å². The molecule has 1 aliphatic carbocycles. The van der Waals surface area contributed by atoms with E-state index in [1.807, 2.05) is 0 Å². The zero-order valence-corrected chi connectivity index (χ0v) is 15.3. The molecule has 28 heavy (non-hydrogen) atoms. The summed E-state index contributed by atoms with van der Waals surface area (Å²) >= 11 is 0. The third kappa shape index (κ3) is 3.40. The molecule has 2 aromatic rings. The van der Waals surface area contributed by atoms with Crippen molar-refractivity contribution < 1.29 is 31.2 Å². The minimum absolute atomic E-state index is 0.167. The van der Waals surface area contributed by atoms with Crippen molar-refractivity contribution in [3.8, 4) is 0 Å². The van der Waals surface area contributed by atoms with E-state index in [2.05, 4.69) is 15.3 Å². The van der Waals surface area contributed by atoms with Gasteiger partial charge in [0.05, 0.1) is 5.56 Å². The van der Waals surface area contributed by atoms with Crippen LogP contribution in [-0.2, 0) is 16.0 Å². The number of fused-ring (bicyclic) bond motifs is 1. The Hall–Kier alpha value is -3.08. The molecule has 1 aromatic carbocycles. The molecule has 11 heteroatoms. The van der Waals surface area contributed by atoms with E-state index < -0.39 is 49.4 Å². The summed E-state index contributed by atoms with van der Waals surface area (Å²) in [5.74, 6) is -2.02. The highest BCUT2D eigenvalue weighted by atomic mass is 32.2. The zero-order chi connectivity index (χ0) is 20.9. The monoisotopic (exact) mass is 411 g/mol. The Labute approximate surface area is 157 Å². The molecule has 0 saturated carbocycles. The Bertz CT molecular complexity index is 1150. The van der Waals surface area contributed by atoms with Crippen LogP contribution in [0.4, 0.5) is 18.9 Å². The number of aryl methyl sites for hydroxylation is 1. The third-order valence-corrected chi connectivity index (χ3v) is 5.12. The minimum atomic E-state index is -4.65. The molecule has 0 bridgehead atoms. The number of sulfone groups is 1. The average molecular weight is 411 g/mol. The molecule has 1 N–H and O–H groups in total. The van der Waals surface area contributed by atoms with Gasteiger partial charge in [0, 0.05) is 24.3 Å². The lowest BCUT2D eigenvalue weighted by Gasteiger charge is -2.21. The maximum atomic E-state index is 13.0. The maximum Gasteiger partial charge on any atom is 0.416 e. The molecule has 0 saturated heterocycles. The van der Waals surface area contributed by atoms with Crippen LogP contribution in [0.1, 0.15) is 32.1 Å². The quantitative estimate of drug-likeness (QED) is 0.827. The smallest absolute Gasteiger partial charge is 0.351 e. The first-order chi connectivity index (χ1) is 12.9. The van der Waals surface area contributed by atoms with Crippen LogP contribution in [0.15, 0.2) is 41.2 Å². The number of aromatic nitrogens is 2. The van der Waals surface area contributed by atoms with E-state index in [4.69, 9.17) is 0 Å². The summed E-state index contributed by atoms with van der Waals surface area (Å²) in [4.78, 5) is 32.0. The number of nitrogens with one attached hydrogen (secondary N) is 1. The number of benzene rings is 1. The maximum absolute atomic E-state index is 13.0. The average Bonchev–Trinajstić information content (AvgIpc) is 2.59.